The lowest BCUT2D eigenvalue weighted by Crippen LogP contribution is -2.58. The molecule has 8 nitrogen and oxygen atoms in total. The molecule has 1 saturated heterocycles. The van der Waals surface area contributed by atoms with Gasteiger partial charge in [-0.3, -0.25) is 14.4 Å². The third-order valence-corrected chi connectivity index (χ3v) is 3.04. The molecule has 112 valence electrons. The molecule has 0 aromatic carbocycles. The van der Waals surface area contributed by atoms with Gasteiger partial charge in [0.25, 0.3) is 5.91 Å². The molecule has 1 heterocycles. The molecule has 0 saturated carbocycles. The molecule has 0 spiro atoms. The molecule has 2 atom stereocenters. The van der Waals surface area contributed by atoms with Crippen molar-refractivity contribution < 1.29 is 33.8 Å². The summed E-state index contributed by atoms with van der Waals surface area (Å²) in [4.78, 5) is 47.6. The number of carbonyl (C=O) groups is 4. The predicted octanol–water partition coefficient (Wildman–Crippen LogP) is -0.443. The summed E-state index contributed by atoms with van der Waals surface area (Å²) in [6.07, 6.45) is -2.43. The zero-order chi connectivity index (χ0) is 15.5. The fourth-order valence-electron chi connectivity index (χ4n) is 2.18. The van der Waals surface area contributed by atoms with Gasteiger partial charge < -0.3 is 19.5 Å². The molecule has 0 aliphatic carbocycles. The monoisotopic (exact) mass is 287 g/mol. The van der Waals surface area contributed by atoms with E-state index in [1.54, 1.807) is 13.8 Å². The van der Waals surface area contributed by atoms with Crippen LogP contribution in [0.4, 0.5) is 0 Å². The second-order valence-electron chi connectivity index (χ2n) is 4.35. The number of ether oxygens (including phenoxy) is 2. The maximum Gasteiger partial charge on any atom is 0.349 e. The number of hydrogen-bond donors (Lipinski definition) is 1. The molecule has 1 rings (SSSR count). The van der Waals surface area contributed by atoms with E-state index in [1.807, 2.05) is 0 Å². The van der Waals surface area contributed by atoms with Crippen molar-refractivity contribution in [2.75, 3.05) is 13.1 Å². The standard InChI is InChI=1S/C12H17NO7/c1-4-13(5-2)11(18)12(20-7(3)14)6-8(15)19-9(12)10(16)17/h9H,4-6H2,1-3H3,(H,16,17)/t9-,12?/m1/s1. The van der Waals surface area contributed by atoms with E-state index in [2.05, 4.69) is 4.74 Å². The van der Waals surface area contributed by atoms with Gasteiger partial charge in [0.05, 0.1) is 6.42 Å². The van der Waals surface area contributed by atoms with Gasteiger partial charge in [-0.25, -0.2) is 4.79 Å². The molecule has 1 unspecified atom stereocenters. The number of aliphatic carboxylic acids is 1. The first kappa shape index (κ1) is 15.9. The van der Waals surface area contributed by atoms with E-state index in [-0.39, 0.29) is 0 Å². The number of likely N-dealkylation sites (N-methyl/N-ethyl adjacent to an activating group) is 1. The summed E-state index contributed by atoms with van der Waals surface area (Å²) in [5.74, 6) is -4.01. The molecule has 1 fully saturated rings. The lowest BCUT2D eigenvalue weighted by molar-refractivity contribution is -0.186. The molecule has 1 amide bonds. The van der Waals surface area contributed by atoms with Gasteiger partial charge in [-0.2, -0.15) is 0 Å². The fraction of sp³-hybridized carbons (Fsp3) is 0.667. The molecule has 1 aliphatic heterocycles. The topological polar surface area (TPSA) is 110 Å². The van der Waals surface area contributed by atoms with Gasteiger partial charge in [-0.05, 0) is 13.8 Å². The van der Waals surface area contributed by atoms with Gasteiger partial charge >= 0.3 is 17.9 Å². The molecular formula is C12H17NO7. The second kappa shape index (κ2) is 5.89. The summed E-state index contributed by atoms with van der Waals surface area (Å²) in [5, 5.41) is 9.12. The number of esters is 2. The third kappa shape index (κ3) is 2.73. The number of carbonyl (C=O) groups excluding carboxylic acids is 3. The minimum Gasteiger partial charge on any atom is -0.478 e. The number of nitrogens with zero attached hydrogens (tertiary/aromatic N) is 1. The van der Waals surface area contributed by atoms with Crippen molar-refractivity contribution in [3.8, 4) is 0 Å². The molecule has 0 radical (unpaired) electrons. The Balaban J connectivity index is 3.27. The van der Waals surface area contributed by atoms with Gasteiger partial charge in [0, 0.05) is 20.0 Å². The Labute approximate surface area is 115 Å². The largest absolute Gasteiger partial charge is 0.478 e. The molecular weight excluding hydrogens is 270 g/mol. The molecule has 1 N–H and O–H groups in total. The molecule has 0 aromatic heterocycles. The third-order valence-electron chi connectivity index (χ3n) is 3.04. The molecule has 1 aliphatic rings. The zero-order valence-electron chi connectivity index (χ0n) is 11.5. The van der Waals surface area contributed by atoms with Crippen LogP contribution in [-0.2, 0) is 28.7 Å². The summed E-state index contributed by atoms with van der Waals surface area (Å²) in [6, 6.07) is 0. The second-order valence-corrected chi connectivity index (χ2v) is 4.35. The lowest BCUT2D eigenvalue weighted by Gasteiger charge is -2.33. The van der Waals surface area contributed by atoms with Crippen molar-refractivity contribution in [2.45, 2.75) is 38.9 Å². The van der Waals surface area contributed by atoms with Crippen molar-refractivity contribution >= 4 is 23.8 Å². The number of rotatable bonds is 5. The van der Waals surface area contributed by atoms with Crippen molar-refractivity contribution in [3.63, 3.8) is 0 Å². The van der Waals surface area contributed by atoms with Gasteiger partial charge in [-0.1, -0.05) is 0 Å². The van der Waals surface area contributed by atoms with Crippen LogP contribution in [0.3, 0.4) is 0 Å². The van der Waals surface area contributed by atoms with Crippen molar-refractivity contribution in [1.29, 1.82) is 0 Å². The van der Waals surface area contributed by atoms with Crippen LogP contribution < -0.4 is 0 Å². The Morgan fingerprint density at radius 2 is 1.95 bits per heavy atom. The summed E-state index contributed by atoms with van der Waals surface area (Å²) in [5.41, 5.74) is -2.12. The predicted molar refractivity (Wildman–Crippen MR) is 64.6 cm³/mol. The molecule has 0 bridgehead atoms. The van der Waals surface area contributed by atoms with Gasteiger partial charge in [0.2, 0.25) is 11.7 Å². The van der Waals surface area contributed by atoms with E-state index < -0.39 is 41.9 Å². The van der Waals surface area contributed by atoms with E-state index in [0.29, 0.717) is 13.1 Å². The van der Waals surface area contributed by atoms with Crippen LogP contribution in [0.1, 0.15) is 27.2 Å². The molecule has 20 heavy (non-hydrogen) atoms. The Hall–Kier alpha value is -2.12. The van der Waals surface area contributed by atoms with Crippen molar-refractivity contribution in [1.82, 2.24) is 4.90 Å². The van der Waals surface area contributed by atoms with Crippen LogP contribution >= 0.6 is 0 Å². The Kier molecular flexibility index (Phi) is 4.69. The van der Waals surface area contributed by atoms with Crippen LogP contribution in [0, 0.1) is 0 Å². The van der Waals surface area contributed by atoms with Crippen molar-refractivity contribution in [2.24, 2.45) is 0 Å². The van der Waals surface area contributed by atoms with E-state index in [1.165, 1.54) is 4.90 Å². The van der Waals surface area contributed by atoms with E-state index >= 15 is 0 Å². The van der Waals surface area contributed by atoms with Gasteiger partial charge in [-0.15, -0.1) is 0 Å². The van der Waals surface area contributed by atoms with Gasteiger partial charge in [0.1, 0.15) is 0 Å². The van der Waals surface area contributed by atoms with Gasteiger partial charge in [0.15, 0.2) is 0 Å². The number of hydrogen-bond acceptors (Lipinski definition) is 6. The highest BCUT2D eigenvalue weighted by Crippen LogP contribution is 2.33. The lowest BCUT2D eigenvalue weighted by atomic mass is 9.92. The van der Waals surface area contributed by atoms with E-state index in [0.717, 1.165) is 6.92 Å². The highest BCUT2D eigenvalue weighted by atomic mass is 16.6. The van der Waals surface area contributed by atoms with Crippen molar-refractivity contribution in [3.05, 3.63) is 0 Å². The summed E-state index contributed by atoms with van der Waals surface area (Å²) in [6.45, 7) is 5.00. The number of cyclic esters (lactones) is 1. The first-order chi connectivity index (χ1) is 9.28. The maximum atomic E-state index is 12.5. The average Bonchev–Trinajstić information content (AvgIpc) is 2.68. The maximum absolute atomic E-state index is 12.5. The Morgan fingerprint density at radius 3 is 2.35 bits per heavy atom. The summed E-state index contributed by atoms with van der Waals surface area (Å²) >= 11 is 0. The Morgan fingerprint density at radius 1 is 1.40 bits per heavy atom. The average molecular weight is 287 g/mol. The molecule has 0 aromatic rings. The van der Waals surface area contributed by atoms with E-state index in [9.17, 15) is 19.2 Å². The van der Waals surface area contributed by atoms with Crippen LogP contribution in [0.5, 0.6) is 0 Å². The fourth-order valence-corrected chi connectivity index (χ4v) is 2.18. The normalized spacial score (nSPS) is 24.9. The Bertz CT molecular complexity index is 443. The zero-order valence-corrected chi connectivity index (χ0v) is 11.5. The van der Waals surface area contributed by atoms with Crippen LogP contribution in [-0.4, -0.2) is 58.6 Å². The van der Waals surface area contributed by atoms with E-state index in [4.69, 9.17) is 9.84 Å². The van der Waals surface area contributed by atoms with Crippen LogP contribution in [0.15, 0.2) is 0 Å². The highest BCUT2D eigenvalue weighted by Gasteiger charge is 2.62. The van der Waals surface area contributed by atoms with Crippen LogP contribution in [0.2, 0.25) is 0 Å². The highest BCUT2D eigenvalue weighted by molar-refractivity contribution is 6.00. The summed E-state index contributed by atoms with van der Waals surface area (Å²) in [7, 11) is 0. The number of carboxylic acids is 1. The summed E-state index contributed by atoms with van der Waals surface area (Å²) < 4.78 is 9.57. The quantitative estimate of drug-likeness (QED) is 0.682. The smallest absolute Gasteiger partial charge is 0.349 e. The SMILES string of the molecule is CCN(CC)C(=O)C1(OC(C)=O)CC(=O)O[C@@H]1C(=O)O. The first-order valence-corrected chi connectivity index (χ1v) is 6.19. The minimum absolute atomic E-state index is 0.291. The minimum atomic E-state index is -2.12. The number of amides is 1. The first-order valence-electron chi connectivity index (χ1n) is 6.19. The molecule has 8 heteroatoms. The number of carboxylic acid groups (broad SMARTS) is 1. The van der Waals surface area contributed by atoms with Crippen LogP contribution in [0.25, 0.3) is 0 Å².